The van der Waals surface area contributed by atoms with Crippen molar-refractivity contribution >= 4 is 5.91 Å². The van der Waals surface area contributed by atoms with Gasteiger partial charge in [0.25, 0.3) is 5.91 Å². The number of aliphatic hydroxyl groups is 1. The van der Waals surface area contributed by atoms with Gasteiger partial charge in [-0.15, -0.1) is 0 Å². The van der Waals surface area contributed by atoms with Crippen LogP contribution in [0.1, 0.15) is 17.3 Å². The highest BCUT2D eigenvalue weighted by Gasteiger charge is 2.14. The third kappa shape index (κ3) is 3.20. The van der Waals surface area contributed by atoms with Gasteiger partial charge in [0.2, 0.25) is 0 Å². The molecule has 0 radical (unpaired) electrons. The number of carbonyl (C=O) groups excluding carboxylic acids is 1. The van der Waals surface area contributed by atoms with Gasteiger partial charge in [-0.3, -0.25) is 4.79 Å². The minimum Gasteiger partial charge on any atom is -0.392 e. The highest BCUT2D eigenvalue weighted by molar-refractivity contribution is 6.00. The van der Waals surface area contributed by atoms with Gasteiger partial charge in [-0.25, -0.2) is 4.39 Å². The molecule has 3 N–H and O–H groups in total. The maximum atomic E-state index is 12.9. The Morgan fingerprint density at radius 2 is 2.05 bits per heavy atom. The fraction of sp³-hybridized carbons (Fsp3) is 0.214. The Bertz CT molecular complexity index is 561. The van der Waals surface area contributed by atoms with E-state index in [2.05, 4.69) is 10.3 Å². The highest BCUT2D eigenvalue weighted by Crippen LogP contribution is 2.23. The molecule has 1 unspecified atom stereocenters. The summed E-state index contributed by atoms with van der Waals surface area (Å²) in [7, 11) is 0. The lowest BCUT2D eigenvalue weighted by atomic mass is 10.0. The number of H-pyrrole nitrogens is 1. The Balaban J connectivity index is 2.22. The summed E-state index contributed by atoms with van der Waals surface area (Å²) in [5.74, 6) is -0.596. The van der Waals surface area contributed by atoms with Gasteiger partial charge in [-0.2, -0.15) is 0 Å². The van der Waals surface area contributed by atoms with Crippen LogP contribution in [0, 0.1) is 5.82 Å². The van der Waals surface area contributed by atoms with Crippen molar-refractivity contribution in [1.29, 1.82) is 0 Å². The van der Waals surface area contributed by atoms with Crippen LogP contribution in [-0.4, -0.2) is 28.6 Å². The molecule has 0 fully saturated rings. The van der Waals surface area contributed by atoms with Crippen LogP contribution in [0.2, 0.25) is 0 Å². The van der Waals surface area contributed by atoms with Crippen molar-refractivity contribution in [2.45, 2.75) is 13.0 Å². The Hall–Kier alpha value is -2.14. The first-order chi connectivity index (χ1) is 9.08. The van der Waals surface area contributed by atoms with Gasteiger partial charge in [-0.1, -0.05) is 12.1 Å². The van der Waals surface area contributed by atoms with E-state index in [9.17, 15) is 9.18 Å². The zero-order chi connectivity index (χ0) is 13.8. The van der Waals surface area contributed by atoms with E-state index >= 15 is 0 Å². The van der Waals surface area contributed by atoms with E-state index in [1.165, 1.54) is 12.1 Å². The van der Waals surface area contributed by atoms with E-state index in [1.807, 2.05) is 0 Å². The zero-order valence-electron chi connectivity index (χ0n) is 10.5. The van der Waals surface area contributed by atoms with Crippen LogP contribution in [0.5, 0.6) is 0 Å². The zero-order valence-corrected chi connectivity index (χ0v) is 10.5. The van der Waals surface area contributed by atoms with Crippen LogP contribution >= 0.6 is 0 Å². The molecule has 100 valence electrons. The summed E-state index contributed by atoms with van der Waals surface area (Å²) in [6, 6.07) is 5.92. The summed E-state index contributed by atoms with van der Waals surface area (Å²) in [5.41, 5.74) is 1.92. The summed E-state index contributed by atoms with van der Waals surface area (Å²) in [4.78, 5) is 14.8. The third-order valence-electron chi connectivity index (χ3n) is 2.70. The van der Waals surface area contributed by atoms with Gasteiger partial charge in [-0.05, 0) is 24.6 Å². The predicted molar refractivity (Wildman–Crippen MR) is 70.2 cm³/mol. The number of carbonyl (C=O) groups is 1. The third-order valence-corrected chi connectivity index (χ3v) is 2.70. The molecule has 19 heavy (non-hydrogen) atoms. The number of nitrogens with one attached hydrogen (secondary N) is 2. The Labute approximate surface area is 110 Å². The molecule has 0 saturated heterocycles. The number of rotatable bonds is 4. The number of amides is 1. The highest BCUT2D eigenvalue weighted by atomic mass is 19.1. The smallest absolute Gasteiger partial charge is 0.253 e. The molecule has 1 aromatic heterocycles. The Kier molecular flexibility index (Phi) is 3.97. The predicted octanol–water partition coefficient (Wildman–Crippen LogP) is 1.93. The van der Waals surface area contributed by atoms with Gasteiger partial charge in [0.1, 0.15) is 5.82 Å². The average molecular weight is 262 g/mol. The van der Waals surface area contributed by atoms with Gasteiger partial charge >= 0.3 is 0 Å². The van der Waals surface area contributed by atoms with Crippen LogP contribution in [0.3, 0.4) is 0 Å². The minimum atomic E-state index is -0.600. The number of hydrogen-bond donors (Lipinski definition) is 3. The lowest BCUT2D eigenvalue weighted by Crippen LogP contribution is -2.30. The van der Waals surface area contributed by atoms with Crippen LogP contribution < -0.4 is 5.32 Å². The van der Waals surface area contributed by atoms with Gasteiger partial charge in [0.05, 0.1) is 11.7 Å². The fourth-order valence-corrected chi connectivity index (χ4v) is 1.76. The van der Waals surface area contributed by atoms with Crippen molar-refractivity contribution in [2.24, 2.45) is 0 Å². The Morgan fingerprint density at radius 1 is 1.37 bits per heavy atom. The summed E-state index contributed by atoms with van der Waals surface area (Å²) >= 11 is 0. The molecule has 0 bridgehead atoms. The van der Waals surface area contributed by atoms with E-state index in [4.69, 9.17) is 5.11 Å². The van der Waals surface area contributed by atoms with Crippen LogP contribution in [0.25, 0.3) is 11.1 Å². The van der Waals surface area contributed by atoms with E-state index < -0.39 is 6.10 Å². The van der Waals surface area contributed by atoms with Crippen LogP contribution in [-0.2, 0) is 0 Å². The summed E-state index contributed by atoms with van der Waals surface area (Å²) in [6.07, 6.45) is 2.66. The van der Waals surface area contributed by atoms with Crippen molar-refractivity contribution in [3.8, 4) is 11.1 Å². The number of benzene rings is 1. The number of aromatic nitrogens is 1. The van der Waals surface area contributed by atoms with Gasteiger partial charge in [0, 0.05) is 24.5 Å². The standard InChI is InChI=1S/C14H15FN2O2/c1-9(18)6-17-14(19)13-8-16-7-12(13)10-2-4-11(15)5-3-10/h2-5,7-9,16,18H,6H2,1H3,(H,17,19). The molecule has 2 rings (SSSR count). The first kappa shape index (κ1) is 13.3. The van der Waals surface area contributed by atoms with Crippen molar-refractivity contribution in [1.82, 2.24) is 10.3 Å². The van der Waals surface area contributed by atoms with E-state index in [0.717, 1.165) is 5.56 Å². The molecule has 0 spiro atoms. The molecular formula is C14H15FN2O2. The summed E-state index contributed by atoms with van der Waals surface area (Å²) in [5, 5.41) is 11.8. The maximum absolute atomic E-state index is 12.9. The van der Waals surface area contributed by atoms with Crippen molar-refractivity contribution in [3.63, 3.8) is 0 Å². The Morgan fingerprint density at radius 3 is 2.68 bits per heavy atom. The summed E-state index contributed by atoms with van der Waals surface area (Å²) < 4.78 is 12.9. The SMILES string of the molecule is CC(O)CNC(=O)c1c[nH]cc1-c1ccc(F)cc1. The first-order valence-corrected chi connectivity index (χ1v) is 5.97. The van der Waals surface area contributed by atoms with E-state index in [1.54, 1.807) is 31.5 Å². The molecule has 5 heteroatoms. The molecule has 0 aliphatic heterocycles. The summed E-state index contributed by atoms with van der Waals surface area (Å²) in [6.45, 7) is 1.78. The van der Waals surface area contributed by atoms with E-state index in [-0.39, 0.29) is 18.3 Å². The molecule has 0 saturated carbocycles. The van der Waals surface area contributed by atoms with Crippen molar-refractivity contribution in [3.05, 3.63) is 48.0 Å². The monoisotopic (exact) mass is 262 g/mol. The molecular weight excluding hydrogens is 247 g/mol. The lowest BCUT2D eigenvalue weighted by molar-refractivity contribution is 0.0925. The molecule has 1 amide bonds. The van der Waals surface area contributed by atoms with Crippen LogP contribution in [0.4, 0.5) is 4.39 Å². The second kappa shape index (κ2) is 5.67. The molecule has 0 aliphatic carbocycles. The normalized spacial score (nSPS) is 12.2. The lowest BCUT2D eigenvalue weighted by Gasteiger charge is -2.08. The van der Waals surface area contributed by atoms with Crippen LogP contribution in [0.15, 0.2) is 36.7 Å². The molecule has 0 aliphatic rings. The van der Waals surface area contributed by atoms with Gasteiger partial charge in [0.15, 0.2) is 0 Å². The maximum Gasteiger partial charge on any atom is 0.253 e. The van der Waals surface area contributed by atoms with Crippen molar-refractivity contribution < 1.29 is 14.3 Å². The number of aromatic amines is 1. The molecule has 1 aromatic carbocycles. The second-order valence-corrected chi connectivity index (χ2v) is 4.35. The average Bonchev–Trinajstić information content (AvgIpc) is 2.86. The minimum absolute atomic E-state index is 0.187. The topological polar surface area (TPSA) is 65.1 Å². The molecule has 2 aromatic rings. The molecule has 1 atom stereocenters. The second-order valence-electron chi connectivity index (χ2n) is 4.35. The number of halogens is 1. The van der Waals surface area contributed by atoms with Crippen molar-refractivity contribution in [2.75, 3.05) is 6.54 Å². The molecule has 1 heterocycles. The fourth-order valence-electron chi connectivity index (χ4n) is 1.76. The quantitative estimate of drug-likeness (QED) is 0.788. The number of aliphatic hydroxyl groups excluding tert-OH is 1. The van der Waals surface area contributed by atoms with Gasteiger partial charge < -0.3 is 15.4 Å². The molecule has 4 nitrogen and oxygen atoms in total. The largest absolute Gasteiger partial charge is 0.392 e. The van der Waals surface area contributed by atoms with E-state index in [0.29, 0.717) is 11.1 Å². The number of hydrogen-bond acceptors (Lipinski definition) is 2. The first-order valence-electron chi connectivity index (χ1n) is 5.97.